The molecule has 2 nitrogen and oxygen atoms in total. The lowest BCUT2D eigenvalue weighted by Crippen LogP contribution is -2.38. The summed E-state index contributed by atoms with van der Waals surface area (Å²) in [6.45, 7) is 6.12. The summed E-state index contributed by atoms with van der Waals surface area (Å²) in [6.07, 6.45) is 4.45. The van der Waals surface area contributed by atoms with Crippen molar-refractivity contribution in [3.05, 3.63) is 0 Å². The molecule has 0 aromatic rings. The fourth-order valence-corrected chi connectivity index (χ4v) is 1.93. The zero-order chi connectivity index (χ0) is 8.97. The number of piperidine rings is 1. The zero-order valence-corrected chi connectivity index (χ0v) is 8.18. The fraction of sp³-hybridized carbons (Fsp3) is 0.900. The molecule has 12 heavy (non-hydrogen) atoms. The molecule has 1 unspecified atom stereocenters. The molecule has 0 radical (unpaired) electrons. The molecule has 0 aromatic carbocycles. The summed E-state index contributed by atoms with van der Waals surface area (Å²) >= 11 is 0. The molecule has 1 heterocycles. The molecule has 1 saturated heterocycles. The highest BCUT2D eigenvalue weighted by atomic mass is 16.2. The Morgan fingerprint density at radius 1 is 1.50 bits per heavy atom. The molecule has 1 fully saturated rings. The Labute approximate surface area is 74.9 Å². The number of hydrogen-bond donors (Lipinski definition) is 0. The maximum absolute atomic E-state index is 11.4. The molecule has 0 bridgehead atoms. The third-order valence-corrected chi connectivity index (χ3v) is 2.70. The van der Waals surface area contributed by atoms with Crippen molar-refractivity contribution in [3.8, 4) is 0 Å². The van der Waals surface area contributed by atoms with Crippen LogP contribution in [0.25, 0.3) is 0 Å². The van der Waals surface area contributed by atoms with Gasteiger partial charge >= 0.3 is 0 Å². The third kappa shape index (κ3) is 2.23. The number of hydrogen-bond acceptors (Lipinski definition) is 1. The largest absolute Gasteiger partial charge is 0.343 e. The van der Waals surface area contributed by atoms with Crippen LogP contribution in [0.2, 0.25) is 0 Å². The Hall–Kier alpha value is -0.530. The fourth-order valence-electron chi connectivity index (χ4n) is 1.93. The topological polar surface area (TPSA) is 20.3 Å². The first kappa shape index (κ1) is 9.56. The first-order chi connectivity index (χ1) is 5.77. The Morgan fingerprint density at radius 2 is 2.25 bits per heavy atom. The highest BCUT2D eigenvalue weighted by Crippen LogP contribution is 2.22. The van der Waals surface area contributed by atoms with Crippen LogP contribution in [0, 0.1) is 5.92 Å². The average molecular weight is 169 g/mol. The lowest BCUT2D eigenvalue weighted by molar-refractivity contribution is -0.134. The summed E-state index contributed by atoms with van der Waals surface area (Å²) < 4.78 is 0. The molecule has 1 atom stereocenters. The van der Waals surface area contributed by atoms with Gasteiger partial charge in [0.25, 0.3) is 0 Å². The summed E-state index contributed by atoms with van der Waals surface area (Å²) in [6, 6.07) is 0. The SMILES string of the molecule is CCCC1CCN(CC)C(=O)C1. The lowest BCUT2D eigenvalue weighted by atomic mass is 9.92. The van der Waals surface area contributed by atoms with Crippen molar-refractivity contribution < 1.29 is 4.79 Å². The van der Waals surface area contributed by atoms with Crippen LogP contribution in [0.4, 0.5) is 0 Å². The van der Waals surface area contributed by atoms with Crippen LogP contribution >= 0.6 is 0 Å². The van der Waals surface area contributed by atoms with E-state index in [1.165, 1.54) is 19.3 Å². The Balaban J connectivity index is 2.35. The van der Waals surface area contributed by atoms with E-state index in [1.54, 1.807) is 0 Å². The van der Waals surface area contributed by atoms with Gasteiger partial charge < -0.3 is 4.90 Å². The van der Waals surface area contributed by atoms with Gasteiger partial charge in [0.05, 0.1) is 0 Å². The normalized spacial score (nSPS) is 24.7. The van der Waals surface area contributed by atoms with E-state index in [9.17, 15) is 4.79 Å². The number of rotatable bonds is 3. The standard InChI is InChI=1S/C10H19NO/c1-3-5-9-6-7-11(4-2)10(12)8-9/h9H,3-8H2,1-2H3. The monoisotopic (exact) mass is 169 g/mol. The summed E-state index contributed by atoms with van der Waals surface area (Å²) in [5, 5.41) is 0. The van der Waals surface area contributed by atoms with Gasteiger partial charge in [0.15, 0.2) is 0 Å². The Kier molecular flexibility index (Phi) is 3.57. The number of nitrogens with zero attached hydrogens (tertiary/aromatic N) is 1. The van der Waals surface area contributed by atoms with E-state index in [4.69, 9.17) is 0 Å². The van der Waals surface area contributed by atoms with Crippen LogP contribution in [0.5, 0.6) is 0 Å². The molecule has 0 saturated carbocycles. The molecule has 1 amide bonds. The third-order valence-electron chi connectivity index (χ3n) is 2.70. The highest BCUT2D eigenvalue weighted by molar-refractivity contribution is 5.77. The van der Waals surface area contributed by atoms with Crippen LogP contribution in [-0.4, -0.2) is 23.9 Å². The predicted octanol–water partition coefficient (Wildman–Crippen LogP) is 2.04. The van der Waals surface area contributed by atoms with E-state index in [-0.39, 0.29) is 0 Å². The van der Waals surface area contributed by atoms with Gasteiger partial charge in [-0.1, -0.05) is 19.8 Å². The minimum atomic E-state index is 0.363. The highest BCUT2D eigenvalue weighted by Gasteiger charge is 2.23. The van der Waals surface area contributed by atoms with Crippen LogP contribution in [0.3, 0.4) is 0 Å². The second-order valence-corrected chi connectivity index (χ2v) is 3.62. The van der Waals surface area contributed by atoms with E-state index in [2.05, 4.69) is 13.8 Å². The molecular weight excluding hydrogens is 150 g/mol. The van der Waals surface area contributed by atoms with Crippen LogP contribution in [-0.2, 0) is 4.79 Å². The first-order valence-corrected chi connectivity index (χ1v) is 5.05. The van der Waals surface area contributed by atoms with Crippen molar-refractivity contribution in [2.75, 3.05) is 13.1 Å². The summed E-state index contributed by atoms with van der Waals surface area (Å²) in [7, 11) is 0. The molecular formula is C10H19NO. The molecule has 70 valence electrons. The van der Waals surface area contributed by atoms with Crippen LogP contribution < -0.4 is 0 Å². The van der Waals surface area contributed by atoms with Gasteiger partial charge in [-0.2, -0.15) is 0 Å². The zero-order valence-electron chi connectivity index (χ0n) is 8.18. The van der Waals surface area contributed by atoms with Crippen molar-refractivity contribution in [2.45, 2.75) is 39.5 Å². The second-order valence-electron chi connectivity index (χ2n) is 3.62. The van der Waals surface area contributed by atoms with Crippen LogP contribution in [0.15, 0.2) is 0 Å². The van der Waals surface area contributed by atoms with Crippen molar-refractivity contribution in [1.29, 1.82) is 0 Å². The van der Waals surface area contributed by atoms with E-state index >= 15 is 0 Å². The molecule has 2 heteroatoms. The smallest absolute Gasteiger partial charge is 0.222 e. The molecule has 0 aliphatic carbocycles. The number of carbonyl (C=O) groups excluding carboxylic acids is 1. The van der Waals surface area contributed by atoms with Crippen molar-refractivity contribution >= 4 is 5.91 Å². The van der Waals surface area contributed by atoms with E-state index in [1.807, 2.05) is 4.90 Å². The molecule has 1 aliphatic rings. The second kappa shape index (κ2) is 4.48. The van der Waals surface area contributed by atoms with Crippen molar-refractivity contribution in [3.63, 3.8) is 0 Å². The van der Waals surface area contributed by atoms with Crippen molar-refractivity contribution in [1.82, 2.24) is 4.90 Å². The lowest BCUT2D eigenvalue weighted by Gasteiger charge is -2.30. The van der Waals surface area contributed by atoms with Gasteiger partial charge in [0.1, 0.15) is 0 Å². The summed E-state index contributed by atoms with van der Waals surface area (Å²) in [5.41, 5.74) is 0. The minimum Gasteiger partial charge on any atom is -0.343 e. The van der Waals surface area contributed by atoms with Crippen LogP contribution in [0.1, 0.15) is 39.5 Å². The number of amides is 1. The van der Waals surface area contributed by atoms with Gasteiger partial charge in [-0.15, -0.1) is 0 Å². The molecule has 0 spiro atoms. The minimum absolute atomic E-state index is 0.363. The Morgan fingerprint density at radius 3 is 2.75 bits per heavy atom. The quantitative estimate of drug-likeness (QED) is 0.633. The predicted molar refractivity (Wildman–Crippen MR) is 49.9 cm³/mol. The maximum Gasteiger partial charge on any atom is 0.222 e. The average Bonchev–Trinajstić information content (AvgIpc) is 2.05. The van der Waals surface area contributed by atoms with E-state index < -0.39 is 0 Å². The Bertz CT molecular complexity index is 156. The molecule has 0 aromatic heterocycles. The summed E-state index contributed by atoms with van der Waals surface area (Å²) in [5.74, 6) is 1.03. The van der Waals surface area contributed by atoms with Gasteiger partial charge in [0.2, 0.25) is 5.91 Å². The van der Waals surface area contributed by atoms with Gasteiger partial charge in [-0.05, 0) is 19.3 Å². The van der Waals surface area contributed by atoms with Gasteiger partial charge in [-0.3, -0.25) is 4.79 Å². The van der Waals surface area contributed by atoms with E-state index in [0.29, 0.717) is 11.8 Å². The molecule has 1 rings (SSSR count). The van der Waals surface area contributed by atoms with Gasteiger partial charge in [-0.25, -0.2) is 0 Å². The number of likely N-dealkylation sites (tertiary alicyclic amines) is 1. The van der Waals surface area contributed by atoms with Gasteiger partial charge in [0, 0.05) is 19.5 Å². The molecule has 0 N–H and O–H groups in total. The first-order valence-electron chi connectivity index (χ1n) is 5.05. The molecule has 1 aliphatic heterocycles. The maximum atomic E-state index is 11.4. The number of carbonyl (C=O) groups is 1. The summed E-state index contributed by atoms with van der Waals surface area (Å²) in [4.78, 5) is 13.4. The van der Waals surface area contributed by atoms with E-state index in [0.717, 1.165) is 19.5 Å². The van der Waals surface area contributed by atoms with Crippen molar-refractivity contribution in [2.24, 2.45) is 5.92 Å².